The number of hydrogen-bond donors (Lipinski definition) is 1. The second-order valence-electron chi connectivity index (χ2n) is 5.66. The van der Waals surface area contributed by atoms with Crippen LogP contribution < -0.4 is 14.4 Å². The molecule has 0 radical (unpaired) electrons. The molecular weight excluding hydrogens is 334 g/mol. The minimum Gasteiger partial charge on any atom is -0.495 e. The maximum atomic E-state index is 12.4. The molecule has 1 aromatic carbocycles. The Morgan fingerprint density at radius 1 is 1.21 bits per heavy atom. The Labute approximate surface area is 141 Å². The molecule has 1 aliphatic rings. The van der Waals surface area contributed by atoms with Gasteiger partial charge in [-0.3, -0.25) is 9.59 Å². The van der Waals surface area contributed by atoms with Crippen LogP contribution in [0.15, 0.2) is 23.1 Å². The van der Waals surface area contributed by atoms with Gasteiger partial charge in [0, 0.05) is 25.9 Å². The number of nitrogens with zero attached hydrogens (tertiary/aromatic N) is 2. The summed E-state index contributed by atoms with van der Waals surface area (Å²) >= 11 is 0. The Kier molecular flexibility index (Phi) is 5.58. The molecule has 0 unspecified atom stereocenters. The van der Waals surface area contributed by atoms with Crippen molar-refractivity contribution >= 4 is 27.5 Å². The van der Waals surface area contributed by atoms with Crippen molar-refractivity contribution in [3.63, 3.8) is 0 Å². The van der Waals surface area contributed by atoms with Crippen molar-refractivity contribution in [3.05, 3.63) is 18.2 Å². The molecule has 0 spiro atoms. The van der Waals surface area contributed by atoms with Crippen molar-refractivity contribution < 1.29 is 22.7 Å². The summed E-state index contributed by atoms with van der Waals surface area (Å²) in [5, 5.41) is 0. The summed E-state index contributed by atoms with van der Waals surface area (Å²) in [6.45, 7) is 0.795. The lowest BCUT2D eigenvalue weighted by molar-refractivity contribution is -0.121. The van der Waals surface area contributed by atoms with Crippen LogP contribution in [0.1, 0.15) is 12.8 Å². The van der Waals surface area contributed by atoms with Gasteiger partial charge in [0.05, 0.1) is 17.7 Å². The number of imide groups is 1. The summed E-state index contributed by atoms with van der Waals surface area (Å²) in [6, 6.07) is 4.11. The van der Waals surface area contributed by atoms with Crippen LogP contribution in [0.25, 0.3) is 0 Å². The molecule has 0 aromatic heterocycles. The third-order valence-corrected chi connectivity index (χ3v) is 5.06. The maximum absolute atomic E-state index is 12.4. The molecule has 1 saturated heterocycles. The van der Waals surface area contributed by atoms with E-state index in [0.717, 1.165) is 4.90 Å². The number of rotatable bonds is 7. The Hall–Kier alpha value is -1.97. The molecule has 0 atom stereocenters. The van der Waals surface area contributed by atoms with Crippen LogP contribution in [0.4, 0.5) is 5.69 Å². The first-order valence-corrected chi connectivity index (χ1v) is 8.93. The summed E-state index contributed by atoms with van der Waals surface area (Å²) in [6.07, 6.45) is 0.222. The summed E-state index contributed by atoms with van der Waals surface area (Å²) in [5.74, 6) is -0.465. The summed E-state index contributed by atoms with van der Waals surface area (Å²) in [7, 11) is 1.32. The van der Waals surface area contributed by atoms with E-state index in [-0.39, 0.29) is 47.5 Å². The highest BCUT2D eigenvalue weighted by molar-refractivity contribution is 7.89. The Balaban J connectivity index is 2.34. The molecule has 8 nitrogen and oxygen atoms in total. The van der Waals surface area contributed by atoms with E-state index in [4.69, 9.17) is 4.74 Å². The van der Waals surface area contributed by atoms with E-state index in [1.165, 1.54) is 25.3 Å². The van der Waals surface area contributed by atoms with Crippen LogP contribution in [0.5, 0.6) is 5.75 Å². The average Bonchev–Trinajstić information content (AvgIpc) is 2.85. The number of amides is 2. The van der Waals surface area contributed by atoms with Gasteiger partial charge < -0.3 is 9.64 Å². The van der Waals surface area contributed by atoms with Crippen LogP contribution in [-0.2, 0) is 19.6 Å². The Morgan fingerprint density at radius 3 is 2.38 bits per heavy atom. The zero-order valence-corrected chi connectivity index (χ0v) is 14.7. The lowest BCUT2D eigenvalue weighted by Crippen LogP contribution is -2.32. The molecule has 2 amide bonds. The predicted molar refractivity (Wildman–Crippen MR) is 88.5 cm³/mol. The van der Waals surface area contributed by atoms with Gasteiger partial charge in [0.2, 0.25) is 21.8 Å². The fourth-order valence-electron chi connectivity index (χ4n) is 2.34. The normalized spacial score (nSPS) is 15.4. The Morgan fingerprint density at radius 2 is 1.83 bits per heavy atom. The first kappa shape index (κ1) is 18.4. The number of ether oxygens (including phenoxy) is 1. The van der Waals surface area contributed by atoms with Crippen molar-refractivity contribution in [2.45, 2.75) is 17.7 Å². The van der Waals surface area contributed by atoms with Crippen molar-refractivity contribution in [1.82, 2.24) is 9.62 Å². The smallest absolute Gasteiger partial charge is 0.240 e. The van der Waals surface area contributed by atoms with Crippen molar-refractivity contribution in [2.24, 2.45) is 0 Å². The highest BCUT2D eigenvalue weighted by atomic mass is 32.2. The van der Waals surface area contributed by atoms with E-state index in [1.807, 2.05) is 19.0 Å². The first-order valence-electron chi connectivity index (χ1n) is 7.44. The zero-order chi connectivity index (χ0) is 17.9. The molecule has 9 heteroatoms. The molecule has 0 aliphatic carbocycles. The SMILES string of the molecule is COc1ccc(S(=O)(=O)NCCN(C)C)cc1N1C(=O)CCC1=O. The average molecular weight is 355 g/mol. The highest BCUT2D eigenvalue weighted by Crippen LogP contribution is 2.34. The number of benzene rings is 1. The molecule has 0 saturated carbocycles. The van der Waals surface area contributed by atoms with Gasteiger partial charge in [-0.15, -0.1) is 0 Å². The fraction of sp³-hybridized carbons (Fsp3) is 0.467. The highest BCUT2D eigenvalue weighted by Gasteiger charge is 2.33. The molecule has 1 aromatic rings. The lowest BCUT2D eigenvalue weighted by Gasteiger charge is -2.18. The van der Waals surface area contributed by atoms with Crippen LogP contribution in [0, 0.1) is 0 Å². The largest absolute Gasteiger partial charge is 0.495 e. The molecule has 132 valence electrons. The van der Waals surface area contributed by atoms with Gasteiger partial charge >= 0.3 is 0 Å². The van der Waals surface area contributed by atoms with Crippen molar-refractivity contribution in [3.8, 4) is 5.75 Å². The number of anilines is 1. The number of carbonyl (C=O) groups is 2. The fourth-order valence-corrected chi connectivity index (χ4v) is 3.38. The molecule has 1 aliphatic heterocycles. The monoisotopic (exact) mass is 355 g/mol. The maximum Gasteiger partial charge on any atom is 0.240 e. The van der Waals surface area contributed by atoms with Crippen LogP contribution in [0.3, 0.4) is 0 Å². The second kappa shape index (κ2) is 7.29. The molecule has 1 heterocycles. The summed E-state index contributed by atoms with van der Waals surface area (Å²) in [5.41, 5.74) is 0.153. The molecule has 24 heavy (non-hydrogen) atoms. The minimum absolute atomic E-state index is 0.0236. The topological polar surface area (TPSA) is 96.0 Å². The van der Waals surface area contributed by atoms with E-state index >= 15 is 0 Å². The van der Waals surface area contributed by atoms with Gasteiger partial charge in [0.1, 0.15) is 5.75 Å². The number of carbonyl (C=O) groups excluding carboxylic acids is 2. The van der Waals surface area contributed by atoms with Gasteiger partial charge in [-0.2, -0.15) is 0 Å². The van der Waals surface area contributed by atoms with Gasteiger partial charge in [-0.1, -0.05) is 0 Å². The third kappa shape index (κ3) is 3.92. The standard InChI is InChI=1S/C15H21N3O5S/c1-17(2)9-8-16-24(21,22)11-4-5-13(23-3)12(10-11)18-14(19)6-7-15(18)20/h4-5,10,16H,6-9H2,1-3H3. The van der Waals surface area contributed by atoms with Gasteiger partial charge in [0.15, 0.2) is 0 Å². The Bertz CT molecular complexity index is 729. The lowest BCUT2D eigenvalue weighted by atomic mass is 10.2. The van der Waals surface area contributed by atoms with E-state index in [1.54, 1.807) is 0 Å². The number of nitrogens with one attached hydrogen (secondary N) is 1. The number of methoxy groups -OCH3 is 1. The van der Waals surface area contributed by atoms with E-state index in [0.29, 0.717) is 6.54 Å². The van der Waals surface area contributed by atoms with Crippen molar-refractivity contribution in [1.29, 1.82) is 0 Å². The van der Waals surface area contributed by atoms with Gasteiger partial charge in [-0.05, 0) is 32.3 Å². The summed E-state index contributed by atoms with van der Waals surface area (Å²) in [4.78, 5) is 26.7. The number of hydrogen-bond acceptors (Lipinski definition) is 6. The minimum atomic E-state index is -3.75. The molecular formula is C15H21N3O5S. The van der Waals surface area contributed by atoms with E-state index in [9.17, 15) is 18.0 Å². The van der Waals surface area contributed by atoms with Gasteiger partial charge in [0.25, 0.3) is 0 Å². The van der Waals surface area contributed by atoms with E-state index < -0.39 is 10.0 Å². The molecule has 1 N–H and O–H groups in total. The molecule has 0 bridgehead atoms. The first-order chi connectivity index (χ1) is 11.3. The predicted octanol–water partition coefficient (Wildman–Crippen LogP) is 0.188. The zero-order valence-electron chi connectivity index (χ0n) is 13.9. The molecule has 1 fully saturated rings. The second-order valence-corrected chi connectivity index (χ2v) is 7.42. The molecule has 2 rings (SSSR count). The van der Waals surface area contributed by atoms with E-state index in [2.05, 4.69) is 4.72 Å². The quantitative estimate of drug-likeness (QED) is 0.702. The summed E-state index contributed by atoms with van der Waals surface area (Å²) < 4.78 is 32.4. The number of sulfonamides is 1. The van der Waals surface area contributed by atoms with Crippen molar-refractivity contribution in [2.75, 3.05) is 39.2 Å². The van der Waals surface area contributed by atoms with Crippen LogP contribution in [0.2, 0.25) is 0 Å². The van der Waals surface area contributed by atoms with Crippen LogP contribution in [-0.4, -0.2) is 59.4 Å². The number of likely N-dealkylation sites (N-methyl/N-ethyl adjacent to an activating group) is 1. The van der Waals surface area contributed by atoms with Crippen LogP contribution >= 0.6 is 0 Å². The third-order valence-electron chi connectivity index (χ3n) is 3.60. The van der Waals surface area contributed by atoms with Gasteiger partial charge in [-0.25, -0.2) is 18.0 Å².